The molecule has 1 aliphatic rings. The van der Waals surface area contributed by atoms with Crippen molar-refractivity contribution in [1.29, 1.82) is 0 Å². The molecule has 8 nitrogen and oxygen atoms in total. The van der Waals surface area contributed by atoms with Gasteiger partial charge in [-0.1, -0.05) is 51.4 Å². The normalized spacial score (nSPS) is 16.3. The number of nitrogens with one attached hydrogen (secondary N) is 2. The van der Waals surface area contributed by atoms with Gasteiger partial charge in [0.2, 0.25) is 0 Å². The lowest BCUT2D eigenvalue weighted by atomic mass is 10.1. The van der Waals surface area contributed by atoms with Crippen molar-refractivity contribution >= 4 is 17.8 Å². The highest BCUT2D eigenvalue weighted by atomic mass is 16.6. The molecule has 1 atom stereocenters. The second-order valence-corrected chi connectivity index (χ2v) is 10.7. The Hall–Kier alpha value is -2.35. The second kappa shape index (κ2) is 15.6. The molecule has 35 heavy (non-hydrogen) atoms. The number of nitrogen functional groups attached to an aromatic ring is 1. The largest absolute Gasteiger partial charge is 0.444 e. The van der Waals surface area contributed by atoms with E-state index in [1.54, 1.807) is 18.3 Å². The van der Waals surface area contributed by atoms with Gasteiger partial charge in [-0.3, -0.25) is 4.79 Å². The van der Waals surface area contributed by atoms with E-state index in [2.05, 4.69) is 20.5 Å². The molecule has 1 aliphatic heterocycles. The number of likely N-dealkylation sites (tertiary alicyclic amines) is 1. The summed E-state index contributed by atoms with van der Waals surface area (Å²) in [6, 6.07) is 3.63. The summed E-state index contributed by atoms with van der Waals surface area (Å²) in [5, 5.41) is 5.92. The Morgan fingerprint density at radius 2 is 1.69 bits per heavy atom. The Labute approximate surface area is 211 Å². The van der Waals surface area contributed by atoms with Crippen molar-refractivity contribution in [2.45, 2.75) is 103 Å². The fraction of sp³-hybridized carbons (Fsp3) is 0.741. The molecule has 0 unspecified atom stereocenters. The molecule has 0 spiro atoms. The highest BCUT2D eigenvalue weighted by Gasteiger charge is 2.25. The molecule has 1 aromatic rings. The minimum atomic E-state index is -0.446. The van der Waals surface area contributed by atoms with Crippen LogP contribution in [0.2, 0.25) is 0 Å². The third kappa shape index (κ3) is 12.8. The maximum Gasteiger partial charge on any atom is 0.407 e. The molecule has 198 valence electrons. The highest BCUT2D eigenvalue weighted by Crippen LogP contribution is 2.14. The summed E-state index contributed by atoms with van der Waals surface area (Å²) < 4.78 is 5.35. The van der Waals surface area contributed by atoms with Gasteiger partial charge >= 0.3 is 6.09 Å². The Kier molecular flexibility index (Phi) is 12.9. The molecule has 2 heterocycles. The van der Waals surface area contributed by atoms with Crippen molar-refractivity contribution in [3.05, 3.63) is 23.9 Å². The van der Waals surface area contributed by atoms with Crippen LogP contribution >= 0.6 is 0 Å². The number of anilines is 1. The van der Waals surface area contributed by atoms with E-state index in [-0.39, 0.29) is 23.9 Å². The molecule has 4 N–H and O–H groups in total. The molecule has 1 saturated heterocycles. The molecule has 1 fully saturated rings. The monoisotopic (exact) mass is 489 g/mol. The maximum atomic E-state index is 12.1. The average Bonchev–Trinajstić information content (AvgIpc) is 3.22. The van der Waals surface area contributed by atoms with Gasteiger partial charge in [-0.05, 0) is 58.7 Å². The van der Waals surface area contributed by atoms with Gasteiger partial charge in [0, 0.05) is 31.9 Å². The lowest BCUT2D eigenvalue weighted by molar-refractivity contribution is 0.0505. The maximum absolute atomic E-state index is 12.1. The van der Waals surface area contributed by atoms with E-state index < -0.39 is 5.60 Å². The Morgan fingerprint density at radius 1 is 1.06 bits per heavy atom. The Morgan fingerprint density at radius 3 is 2.31 bits per heavy atom. The van der Waals surface area contributed by atoms with Crippen molar-refractivity contribution in [2.24, 2.45) is 0 Å². The number of nitrogens with zero attached hydrogens (tertiary/aromatic N) is 2. The van der Waals surface area contributed by atoms with Crippen LogP contribution in [-0.4, -0.2) is 59.7 Å². The van der Waals surface area contributed by atoms with Crippen LogP contribution < -0.4 is 16.4 Å². The zero-order chi connectivity index (χ0) is 25.5. The molecule has 0 saturated carbocycles. The van der Waals surface area contributed by atoms with Crippen LogP contribution in [0.4, 0.5) is 10.6 Å². The molecular weight excluding hydrogens is 442 g/mol. The zero-order valence-electron chi connectivity index (χ0n) is 22.1. The number of alkyl carbamates (subject to hydrolysis) is 1. The van der Waals surface area contributed by atoms with Crippen LogP contribution in [0.5, 0.6) is 0 Å². The fourth-order valence-electron chi connectivity index (χ4n) is 4.41. The summed E-state index contributed by atoms with van der Waals surface area (Å²) in [7, 11) is 0. The first-order valence-electron chi connectivity index (χ1n) is 13.4. The molecule has 1 aromatic heterocycles. The van der Waals surface area contributed by atoms with Gasteiger partial charge in [-0.25, -0.2) is 9.78 Å². The van der Waals surface area contributed by atoms with Gasteiger partial charge in [-0.2, -0.15) is 0 Å². The summed E-state index contributed by atoms with van der Waals surface area (Å²) in [6.45, 7) is 9.46. The van der Waals surface area contributed by atoms with Crippen LogP contribution in [0.25, 0.3) is 0 Å². The Bertz CT molecular complexity index is 765. The molecule has 2 rings (SSSR count). The number of carbonyl (C=O) groups excluding carboxylic acids is 2. The van der Waals surface area contributed by atoms with Crippen molar-refractivity contribution in [1.82, 2.24) is 20.5 Å². The molecular formula is C27H47N5O3. The second-order valence-electron chi connectivity index (χ2n) is 10.7. The predicted octanol–water partition coefficient (Wildman–Crippen LogP) is 4.89. The summed E-state index contributed by atoms with van der Waals surface area (Å²) >= 11 is 0. The summed E-state index contributed by atoms with van der Waals surface area (Å²) in [5.41, 5.74) is 5.74. The first kappa shape index (κ1) is 28.9. The molecule has 2 amide bonds. The van der Waals surface area contributed by atoms with Gasteiger partial charge in [0.25, 0.3) is 5.91 Å². The van der Waals surface area contributed by atoms with Gasteiger partial charge in [0.05, 0.1) is 5.56 Å². The number of unbranched alkanes of at least 4 members (excludes halogenated alkanes) is 9. The smallest absolute Gasteiger partial charge is 0.407 e. The van der Waals surface area contributed by atoms with Gasteiger partial charge in [0.15, 0.2) is 0 Å². The van der Waals surface area contributed by atoms with E-state index >= 15 is 0 Å². The van der Waals surface area contributed by atoms with Crippen LogP contribution in [0, 0.1) is 0 Å². The van der Waals surface area contributed by atoms with Gasteiger partial charge in [-0.15, -0.1) is 0 Å². The molecule has 0 radical (unpaired) electrons. The van der Waals surface area contributed by atoms with Crippen molar-refractivity contribution in [2.75, 3.05) is 31.9 Å². The van der Waals surface area contributed by atoms with E-state index in [1.165, 1.54) is 51.4 Å². The number of aromatic nitrogens is 1. The standard InChI is InChI=1S/C27H47N5O3/c1-27(2,3)35-26(34)31-22-16-20-32(21-22)19-13-11-9-7-5-4-6-8-10-12-17-30-25(33)23-15-14-18-29-24(23)28/h14-15,18,22H,4-13,16-17,19-21H2,1-3H3,(H2,28,29)(H,30,33)(H,31,34)/t22-/m0/s1. The minimum Gasteiger partial charge on any atom is -0.444 e. The molecule has 0 bridgehead atoms. The van der Waals surface area contributed by atoms with E-state index in [1.807, 2.05) is 20.8 Å². The predicted molar refractivity (Wildman–Crippen MR) is 141 cm³/mol. The number of hydrogen-bond donors (Lipinski definition) is 3. The molecule has 8 heteroatoms. The van der Waals surface area contributed by atoms with E-state index in [0.717, 1.165) is 38.9 Å². The number of amides is 2. The number of pyridine rings is 1. The third-order valence-electron chi connectivity index (χ3n) is 6.26. The molecule has 0 aliphatic carbocycles. The lowest BCUT2D eigenvalue weighted by Crippen LogP contribution is -2.40. The third-order valence-corrected chi connectivity index (χ3v) is 6.26. The highest BCUT2D eigenvalue weighted by molar-refractivity contribution is 5.98. The van der Waals surface area contributed by atoms with Crippen LogP contribution in [0.1, 0.15) is 102 Å². The first-order valence-corrected chi connectivity index (χ1v) is 13.4. The van der Waals surface area contributed by atoms with Crippen LogP contribution in [0.3, 0.4) is 0 Å². The van der Waals surface area contributed by atoms with E-state index in [9.17, 15) is 9.59 Å². The van der Waals surface area contributed by atoms with E-state index in [4.69, 9.17) is 10.5 Å². The summed E-state index contributed by atoms with van der Waals surface area (Å²) in [4.78, 5) is 30.4. The minimum absolute atomic E-state index is 0.141. The van der Waals surface area contributed by atoms with Gasteiger partial charge in [0.1, 0.15) is 11.4 Å². The zero-order valence-corrected chi connectivity index (χ0v) is 22.1. The number of hydrogen-bond acceptors (Lipinski definition) is 6. The Balaban J connectivity index is 1.35. The van der Waals surface area contributed by atoms with E-state index in [0.29, 0.717) is 12.1 Å². The van der Waals surface area contributed by atoms with Crippen LogP contribution in [0.15, 0.2) is 18.3 Å². The summed E-state index contributed by atoms with van der Waals surface area (Å²) in [6.07, 6.45) is 14.6. The molecule has 0 aromatic carbocycles. The first-order chi connectivity index (χ1) is 16.7. The number of ether oxygens (including phenoxy) is 1. The quantitative estimate of drug-likeness (QED) is 0.303. The number of nitrogens with two attached hydrogens (primary N) is 1. The summed E-state index contributed by atoms with van der Waals surface area (Å²) in [5.74, 6) is 0.139. The van der Waals surface area contributed by atoms with Gasteiger partial charge < -0.3 is 26.0 Å². The lowest BCUT2D eigenvalue weighted by Gasteiger charge is -2.22. The van der Waals surface area contributed by atoms with Crippen LogP contribution in [-0.2, 0) is 4.74 Å². The van der Waals surface area contributed by atoms with Crippen molar-refractivity contribution in [3.63, 3.8) is 0 Å². The average molecular weight is 490 g/mol. The van der Waals surface area contributed by atoms with Crippen molar-refractivity contribution in [3.8, 4) is 0 Å². The van der Waals surface area contributed by atoms with Crippen molar-refractivity contribution < 1.29 is 14.3 Å². The number of rotatable bonds is 15. The number of carbonyl (C=O) groups is 2. The fourth-order valence-corrected chi connectivity index (χ4v) is 4.41. The topological polar surface area (TPSA) is 110 Å². The SMILES string of the molecule is CC(C)(C)OC(=O)N[C@H]1CCN(CCCCCCCCCCCCNC(=O)c2cccnc2N)C1.